The van der Waals surface area contributed by atoms with Crippen LogP contribution in [0.3, 0.4) is 0 Å². The molecular formula is C16H27FN2O. The van der Waals surface area contributed by atoms with Gasteiger partial charge in [-0.1, -0.05) is 13.0 Å². The predicted molar refractivity (Wildman–Crippen MR) is 81.8 cm³/mol. The molecule has 0 spiro atoms. The highest BCUT2D eigenvalue weighted by atomic mass is 19.1. The first-order valence-electron chi connectivity index (χ1n) is 7.11. The SMILES string of the molecule is CCNC(C)c1ccc(OCC(C)(C)N(C)C)c(F)c1. The molecule has 0 aromatic heterocycles. The van der Waals surface area contributed by atoms with Crippen LogP contribution in [0.2, 0.25) is 0 Å². The molecule has 3 nitrogen and oxygen atoms in total. The molecule has 4 heteroatoms. The minimum absolute atomic E-state index is 0.137. The van der Waals surface area contributed by atoms with E-state index in [1.807, 2.05) is 34.0 Å². The summed E-state index contributed by atoms with van der Waals surface area (Å²) in [5.41, 5.74) is 0.797. The highest BCUT2D eigenvalue weighted by Gasteiger charge is 2.22. The van der Waals surface area contributed by atoms with Crippen molar-refractivity contribution in [3.05, 3.63) is 29.6 Å². The molecule has 0 aliphatic carbocycles. The van der Waals surface area contributed by atoms with Crippen molar-refractivity contribution in [2.24, 2.45) is 0 Å². The van der Waals surface area contributed by atoms with Gasteiger partial charge in [-0.05, 0) is 59.1 Å². The Hall–Kier alpha value is -1.13. The fraction of sp³-hybridized carbons (Fsp3) is 0.625. The Morgan fingerprint density at radius 3 is 2.50 bits per heavy atom. The van der Waals surface area contributed by atoms with Crippen LogP contribution in [0.5, 0.6) is 5.75 Å². The minimum Gasteiger partial charge on any atom is -0.489 e. The molecule has 1 aromatic rings. The van der Waals surface area contributed by atoms with E-state index in [0.29, 0.717) is 12.4 Å². The third-order valence-corrected chi connectivity index (χ3v) is 3.76. The van der Waals surface area contributed by atoms with Gasteiger partial charge in [0, 0.05) is 11.6 Å². The van der Waals surface area contributed by atoms with E-state index < -0.39 is 0 Å². The van der Waals surface area contributed by atoms with Crippen LogP contribution in [0, 0.1) is 5.82 Å². The lowest BCUT2D eigenvalue weighted by Gasteiger charge is -2.32. The molecule has 114 valence electrons. The first kappa shape index (κ1) is 16.9. The Kier molecular flexibility index (Phi) is 5.96. The lowest BCUT2D eigenvalue weighted by atomic mass is 10.1. The summed E-state index contributed by atoms with van der Waals surface area (Å²) >= 11 is 0. The number of rotatable bonds is 7. The second-order valence-electron chi connectivity index (χ2n) is 5.96. The molecule has 0 saturated heterocycles. The second kappa shape index (κ2) is 7.04. The highest BCUT2D eigenvalue weighted by molar-refractivity contribution is 5.31. The van der Waals surface area contributed by atoms with E-state index in [1.165, 1.54) is 0 Å². The molecule has 0 heterocycles. The maximum atomic E-state index is 14.1. The number of likely N-dealkylation sites (N-methyl/N-ethyl adjacent to an activating group) is 1. The maximum Gasteiger partial charge on any atom is 0.165 e. The average Bonchev–Trinajstić information content (AvgIpc) is 2.37. The fourth-order valence-electron chi connectivity index (χ4n) is 1.71. The topological polar surface area (TPSA) is 24.5 Å². The normalized spacial score (nSPS) is 13.6. The first-order chi connectivity index (χ1) is 9.27. The Morgan fingerprint density at radius 1 is 1.35 bits per heavy atom. The zero-order valence-corrected chi connectivity index (χ0v) is 13.5. The summed E-state index contributed by atoms with van der Waals surface area (Å²) in [4.78, 5) is 2.06. The quantitative estimate of drug-likeness (QED) is 0.831. The summed E-state index contributed by atoms with van der Waals surface area (Å²) in [7, 11) is 3.97. The first-order valence-corrected chi connectivity index (χ1v) is 7.11. The van der Waals surface area contributed by atoms with E-state index in [4.69, 9.17) is 4.74 Å². The van der Waals surface area contributed by atoms with Crippen molar-refractivity contribution in [2.75, 3.05) is 27.2 Å². The van der Waals surface area contributed by atoms with Crippen molar-refractivity contribution >= 4 is 0 Å². The van der Waals surface area contributed by atoms with Gasteiger partial charge in [-0.3, -0.25) is 0 Å². The van der Waals surface area contributed by atoms with Crippen molar-refractivity contribution < 1.29 is 9.13 Å². The molecule has 1 unspecified atom stereocenters. The van der Waals surface area contributed by atoms with E-state index in [2.05, 4.69) is 24.1 Å². The third kappa shape index (κ3) is 4.46. The molecule has 0 saturated carbocycles. The van der Waals surface area contributed by atoms with E-state index in [0.717, 1.165) is 12.1 Å². The van der Waals surface area contributed by atoms with Gasteiger partial charge in [0.1, 0.15) is 6.61 Å². The number of hydrogen-bond acceptors (Lipinski definition) is 3. The fourth-order valence-corrected chi connectivity index (χ4v) is 1.71. The Labute approximate surface area is 122 Å². The van der Waals surface area contributed by atoms with Gasteiger partial charge in [-0.2, -0.15) is 0 Å². The van der Waals surface area contributed by atoms with Crippen LogP contribution in [0.4, 0.5) is 4.39 Å². The number of benzene rings is 1. The lowest BCUT2D eigenvalue weighted by Crippen LogP contribution is -2.43. The Bertz CT molecular complexity index is 432. The number of nitrogens with zero attached hydrogens (tertiary/aromatic N) is 1. The van der Waals surface area contributed by atoms with Crippen molar-refractivity contribution in [1.29, 1.82) is 0 Å². The van der Waals surface area contributed by atoms with E-state index in [1.54, 1.807) is 12.1 Å². The molecule has 0 aliphatic heterocycles. The predicted octanol–water partition coefficient (Wildman–Crippen LogP) is 3.22. The molecule has 0 aliphatic rings. The molecule has 1 N–H and O–H groups in total. The highest BCUT2D eigenvalue weighted by Crippen LogP contribution is 2.23. The largest absolute Gasteiger partial charge is 0.489 e. The second-order valence-corrected chi connectivity index (χ2v) is 5.96. The van der Waals surface area contributed by atoms with Crippen molar-refractivity contribution in [2.45, 2.75) is 39.3 Å². The van der Waals surface area contributed by atoms with Crippen LogP contribution >= 0.6 is 0 Å². The minimum atomic E-state index is -0.304. The van der Waals surface area contributed by atoms with Crippen LogP contribution in [0.15, 0.2) is 18.2 Å². The van der Waals surface area contributed by atoms with Gasteiger partial charge in [-0.15, -0.1) is 0 Å². The van der Waals surface area contributed by atoms with Crippen LogP contribution in [0.25, 0.3) is 0 Å². The number of ether oxygens (including phenoxy) is 1. The molecule has 0 radical (unpaired) electrons. The van der Waals surface area contributed by atoms with Crippen LogP contribution < -0.4 is 10.1 Å². The molecule has 0 bridgehead atoms. The average molecular weight is 282 g/mol. The molecular weight excluding hydrogens is 255 g/mol. The molecule has 1 atom stereocenters. The molecule has 20 heavy (non-hydrogen) atoms. The molecule has 0 fully saturated rings. The number of nitrogens with one attached hydrogen (secondary N) is 1. The van der Waals surface area contributed by atoms with Crippen LogP contribution in [-0.2, 0) is 0 Å². The standard InChI is InChI=1S/C16H27FN2O/c1-7-18-12(2)13-8-9-15(14(17)10-13)20-11-16(3,4)19(5)6/h8-10,12,18H,7,11H2,1-6H3. The van der Waals surface area contributed by atoms with Crippen molar-refractivity contribution in [3.63, 3.8) is 0 Å². The molecule has 1 aromatic carbocycles. The summed E-state index contributed by atoms with van der Waals surface area (Å²) in [6.07, 6.45) is 0. The van der Waals surface area contributed by atoms with Gasteiger partial charge in [0.05, 0.1) is 0 Å². The zero-order valence-electron chi connectivity index (χ0n) is 13.5. The van der Waals surface area contributed by atoms with Gasteiger partial charge in [0.2, 0.25) is 0 Å². The van der Waals surface area contributed by atoms with Crippen LogP contribution in [0.1, 0.15) is 39.3 Å². The summed E-state index contributed by atoms with van der Waals surface area (Å²) in [5.74, 6) is 0.00850. The molecule has 0 amide bonds. The summed E-state index contributed by atoms with van der Waals surface area (Å²) in [6.45, 7) is 9.48. The summed E-state index contributed by atoms with van der Waals surface area (Å²) in [5, 5.41) is 3.27. The van der Waals surface area contributed by atoms with E-state index >= 15 is 0 Å². The van der Waals surface area contributed by atoms with Gasteiger partial charge in [-0.25, -0.2) is 4.39 Å². The smallest absolute Gasteiger partial charge is 0.165 e. The van der Waals surface area contributed by atoms with Crippen molar-refractivity contribution in [1.82, 2.24) is 10.2 Å². The Balaban J connectivity index is 2.74. The van der Waals surface area contributed by atoms with Crippen molar-refractivity contribution in [3.8, 4) is 5.75 Å². The summed E-state index contributed by atoms with van der Waals surface area (Å²) < 4.78 is 19.7. The van der Waals surface area contributed by atoms with E-state index in [-0.39, 0.29) is 17.4 Å². The van der Waals surface area contributed by atoms with Gasteiger partial charge < -0.3 is 15.0 Å². The van der Waals surface area contributed by atoms with Crippen LogP contribution in [-0.4, -0.2) is 37.7 Å². The number of halogens is 1. The zero-order chi connectivity index (χ0) is 15.3. The summed E-state index contributed by atoms with van der Waals surface area (Å²) in [6, 6.07) is 5.31. The van der Waals surface area contributed by atoms with Gasteiger partial charge in [0.25, 0.3) is 0 Å². The van der Waals surface area contributed by atoms with Gasteiger partial charge in [0.15, 0.2) is 11.6 Å². The monoisotopic (exact) mass is 282 g/mol. The third-order valence-electron chi connectivity index (χ3n) is 3.76. The number of hydrogen-bond donors (Lipinski definition) is 1. The van der Waals surface area contributed by atoms with E-state index in [9.17, 15) is 4.39 Å². The molecule has 1 rings (SSSR count). The maximum absolute atomic E-state index is 14.1. The van der Waals surface area contributed by atoms with Gasteiger partial charge >= 0.3 is 0 Å². The lowest BCUT2D eigenvalue weighted by molar-refractivity contribution is 0.111. The Morgan fingerprint density at radius 2 is 2.00 bits per heavy atom.